The summed E-state index contributed by atoms with van der Waals surface area (Å²) in [4.78, 5) is 0. The topological polar surface area (TPSA) is 20.2 Å². The van der Waals surface area contributed by atoms with Gasteiger partial charge in [0.1, 0.15) is 5.82 Å². The monoisotopic (exact) mass is 208 g/mol. The highest BCUT2D eigenvalue weighted by molar-refractivity contribution is 6.31. The predicted molar refractivity (Wildman–Crippen MR) is 47.1 cm³/mol. The van der Waals surface area contributed by atoms with Crippen LogP contribution < -0.4 is 0 Å². The Morgan fingerprint density at radius 3 is 2.67 bits per heavy atom. The van der Waals surface area contributed by atoms with Crippen LogP contribution in [0.15, 0.2) is 18.2 Å². The fourth-order valence-electron chi connectivity index (χ4n) is 0.855. The molecule has 4 heteroatoms. The molecule has 0 aromatic heterocycles. The van der Waals surface area contributed by atoms with Gasteiger partial charge < -0.3 is 5.11 Å². The summed E-state index contributed by atoms with van der Waals surface area (Å²) < 4.78 is 12.5. The Labute approximate surface area is 79.7 Å². The van der Waals surface area contributed by atoms with Gasteiger partial charge >= 0.3 is 0 Å². The van der Waals surface area contributed by atoms with Crippen molar-refractivity contribution < 1.29 is 9.50 Å². The van der Waals surface area contributed by atoms with Crippen molar-refractivity contribution in [1.82, 2.24) is 0 Å². The minimum absolute atomic E-state index is 0.0470. The molecule has 1 N–H and O–H groups in total. The van der Waals surface area contributed by atoms with Crippen molar-refractivity contribution in [3.8, 4) is 0 Å². The third kappa shape index (κ3) is 2.09. The molecule has 1 rings (SSSR count). The van der Waals surface area contributed by atoms with E-state index < -0.39 is 11.9 Å². The fraction of sp³-hybridized carbons (Fsp3) is 0.250. The lowest BCUT2D eigenvalue weighted by Gasteiger charge is -2.08. The molecule has 0 bridgehead atoms. The van der Waals surface area contributed by atoms with Gasteiger partial charge in [-0.15, -0.1) is 11.6 Å². The minimum atomic E-state index is -0.834. The highest BCUT2D eigenvalue weighted by Crippen LogP contribution is 2.24. The summed E-state index contributed by atoms with van der Waals surface area (Å²) >= 11 is 11.0. The molecule has 0 aliphatic rings. The molecule has 0 saturated heterocycles. The van der Waals surface area contributed by atoms with Crippen LogP contribution in [0.2, 0.25) is 5.02 Å². The fourth-order valence-corrected chi connectivity index (χ4v) is 1.31. The molecule has 1 aromatic carbocycles. The van der Waals surface area contributed by atoms with E-state index in [2.05, 4.69) is 0 Å². The summed E-state index contributed by atoms with van der Waals surface area (Å²) in [5.41, 5.74) is 0.452. The highest BCUT2D eigenvalue weighted by Gasteiger charge is 2.10. The standard InChI is InChI=1S/C8H7Cl2FO/c9-4-8(12)6-2-1-5(11)3-7(6)10/h1-3,8,12H,4H2/t8-/m0/s1. The Balaban J connectivity index is 3.01. The molecule has 0 unspecified atom stereocenters. The zero-order chi connectivity index (χ0) is 9.14. The number of rotatable bonds is 2. The lowest BCUT2D eigenvalue weighted by atomic mass is 10.1. The van der Waals surface area contributed by atoms with Crippen LogP contribution in [0, 0.1) is 5.82 Å². The van der Waals surface area contributed by atoms with Gasteiger partial charge in [0.15, 0.2) is 0 Å². The zero-order valence-electron chi connectivity index (χ0n) is 6.10. The number of benzene rings is 1. The van der Waals surface area contributed by atoms with Crippen LogP contribution >= 0.6 is 23.2 Å². The first-order valence-corrected chi connectivity index (χ1v) is 4.25. The average molecular weight is 209 g/mol. The number of aliphatic hydroxyl groups excluding tert-OH is 1. The third-order valence-corrected chi connectivity index (χ3v) is 2.09. The van der Waals surface area contributed by atoms with Gasteiger partial charge in [0.25, 0.3) is 0 Å². The second-order valence-electron chi connectivity index (χ2n) is 2.34. The number of halogens is 3. The Morgan fingerprint density at radius 1 is 1.50 bits per heavy atom. The minimum Gasteiger partial charge on any atom is -0.387 e. The summed E-state index contributed by atoms with van der Waals surface area (Å²) in [6.07, 6.45) is -0.834. The highest BCUT2D eigenvalue weighted by atomic mass is 35.5. The summed E-state index contributed by atoms with van der Waals surface area (Å²) in [7, 11) is 0. The maximum atomic E-state index is 12.5. The average Bonchev–Trinajstić information content (AvgIpc) is 2.03. The van der Waals surface area contributed by atoms with E-state index in [4.69, 9.17) is 23.2 Å². The van der Waals surface area contributed by atoms with Crippen LogP contribution in [0.25, 0.3) is 0 Å². The van der Waals surface area contributed by atoms with E-state index in [1.807, 2.05) is 0 Å². The molecule has 1 atom stereocenters. The quantitative estimate of drug-likeness (QED) is 0.742. The van der Waals surface area contributed by atoms with Crippen LogP contribution in [-0.2, 0) is 0 Å². The van der Waals surface area contributed by atoms with Gasteiger partial charge in [-0.1, -0.05) is 17.7 Å². The second kappa shape index (κ2) is 4.08. The Morgan fingerprint density at radius 2 is 2.17 bits per heavy atom. The molecular weight excluding hydrogens is 202 g/mol. The van der Waals surface area contributed by atoms with E-state index in [1.54, 1.807) is 0 Å². The number of hydrogen-bond acceptors (Lipinski definition) is 1. The Bertz CT molecular complexity index is 278. The van der Waals surface area contributed by atoms with Gasteiger partial charge in [0.05, 0.1) is 12.0 Å². The normalized spacial score (nSPS) is 13.0. The summed E-state index contributed by atoms with van der Waals surface area (Å²) in [5, 5.41) is 9.46. The number of alkyl halides is 1. The molecule has 0 fully saturated rings. The zero-order valence-corrected chi connectivity index (χ0v) is 7.61. The molecule has 0 amide bonds. The van der Waals surface area contributed by atoms with Crippen LogP contribution in [0.1, 0.15) is 11.7 Å². The second-order valence-corrected chi connectivity index (χ2v) is 3.05. The maximum Gasteiger partial charge on any atom is 0.124 e. The lowest BCUT2D eigenvalue weighted by Crippen LogP contribution is -1.99. The largest absolute Gasteiger partial charge is 0.387 e. The van der Waals surface area contributed by atoms with Crippen LogP contribution in [-0.4, -0.2) is 11.0 Å². The molecule has 66 valence electrons. The third-order valence-electron chi connectivity index (χ3n) is 1.47. The van der Waals surface area contributed by atoms with Crippen molar-refractivity contribution in [3.63, 3.8) is 0 Å². The molecule has 12 heavy (non-hydrogen) atoms. The molecule has 0 aliphatic heterocycles. The summed E-state index contributed by atoms with van der Waals surface area (Å²) in [6, 6.07) is 3.80. The predicted octanol–water partition coefficient (Wildman–Crippen LogP) is 2.75. The number of aliphatic hydroxyl groups is 1. The van der Waals surface area contributed by atoms with E-state index >= 15 is 0 Å². The number of hydrogen-bond donors (Lipinski definition) is 1. The molecule has 0 heterocycles. The molecule has 0 radical (unpaired) electrons. The maximum absolute atomic E-state index is 12.5. The molecule has 1 nitrogen and oxygen atoms in total. The van der Waals surface area contributed by atoms with Gasteiger partial charge in [-0.3, -0.25) is 0 Å². The van der Waals surface area contributed by atoms with E-state index in [-0.39, 0.29) is 10.9 Å². The Kier molecular flexibility index (Phi) is 3.32. The first-order chi connectivity index (χ1) is 5.65. The van der Waals surface area contributed by atoms with Crippen molar-refractivity contribution in [2.45, 2.75) is 6.10 Å². The molecule has 1 aromatic rings. The van der Waals surface area contributed by atoms with E-state index in [1.165, 1.54) is 12.1 Å². The van der Waals surface area contributed by atoms with Crippen molar-refractivity contribution >= 4 is 23.2 Å². The molecular formula is C8H7Cl2FO. The van der Waals surface area contributed by atoms with Gasteiger partial charge in [-0.05, 0) is 12.1 Å². The van der Waals surface area contributed by atoms with Crippen LogP contribution in [0.4, 0.5) is 4.39 Å². The summed E-state index contributed by atoms with van der Waals surface area (Å²) in [6.45, 7) is 0. The van der Waals surface area contributed by atoms with Gasteiger partial charge in [0, 0.05) is 10.6 Å². The van der Waals surface area contributed by atoms with Gasteiger partial charge in [-0.2, -0.15) is 0 Å². The smallest absolute Gasteiger partial charge is 0.124 e. The van der Waals surface area contributed by atoms with Crippen LogP contribution in [0.5, 0.6) is 0 Å². The summed E-state index contributed by atoms with van der Waals surface area (Å²) in [5.74, 6) is -0.378. The lowest BCUT2D eigenvalue weighted by molar-refractivity contribution is 0.202. The van der Waals surface area contributed by atoms with Crippen LogP contribution in [0.3, 0.4) is 0 Å². The molecule has 0 spiro atoms. The first kappa shape index (κ1) is 9.78. The molecule has 0 saturated carbocycles. The first-order valence-electron chi connectivity index (χ1n) is 3.34. The van der Waals surface area contributed by atoms with Crippen molar-refractivity contribution in [2.75, 3.05) is 5.88 Å². The van der Waals surface area contributed by atoms with Gasteiger partial charge in [-0.25, -0.2) is 4.39 Å². The van der Waals surface area contributed by atoms with Crippen molar-refractivity contribution in [3.05, 3.63) is 34.6 Å². The van der Waals surface area contributed by atoms with E-state index in [0.717, 1.165) is 6.07 Å². The molecule has 0 aliphatic carbocycles. The van der Waals surface area contributed by atoms with E-state index in [0.29, 0.717) is 5.56 Å². The SMILES string of the molecule is O[C@@H](CCl)c1ccc(F)cc1Cl. The van der Waals surface area contributed by atoms with E-state index in [9.17, 15) is 9.50 Å². The Hall–Kier alpha value is -0.310. The van der Waals surface area contributed by atoms with Crippen molar-refractivity contribution in [2.24, 2.45) is 0 Å². The van der Waals surface area contributed by atoms with Gasteiger partial charge in [0.2, 0.25) is 0 Å². The van der Waals surface area contributed by atoms with Crippen molar-refractivity contribution in [1.29, 1.82) is 0 Å².